The van der Waals surface area contributed by atoms with Crippen LogP contribution in [0.4, 0.5) is 0 Å². The van der Waals surface area contributed by atoms with Crippen LogP contribution < -0.4 is 10.6 Å². The molecule has 4 nitrogen and oxygen atoms in total. The van der Waals surface area contributed by atoms with Gasteiger partial charge in [-0.25, -0.2) is 0 Å². The first-order valence-corrected chi connectivity index (χ1v) is 6.02. The van der Waals surface area contributed by atoms with Crippen LogP contribution in [0, 0.1) is 0 Å². The summed E-state index contributed by atoms with van der Waals surface area (Å²) in [7, 11) is 0. The summed E-state index contributed by atoms with van der Waals surface area (Å²) in [5.74, 6) is 0.0921. The van der Waals surface area contributed by atoms with Crippen molar-refractivity contribution < 1.29 is 4.79 Å². The maximum absolute atomic E-state index is 11.4. The summed E-state index contributed by atoms with van der Waals surface area (Å²) in [5, 5.41) is 6.18. The van der Waals surface area contributed by atoms with Crippen LogP contribution in [-0.2, 0) is 4.79 Å². The second-order valence-electron chi connectivity index (χ2n) is 4.43. The van der Waals surface area contributed by atoms with Crippen LogP contribution in [0.3, 0.4) is 0 Å². The SMILES string of the molecule is CC(C)NC(=O)CCNC(C)c1ccncc1. The van der Waals surface area contributed by atoms with Crippen molar-refractivity contribution in [3.05, 3.63) is 30.1 Å². The van der Waals surface area contributed by atoms with Crippen LogP contribution in [0.5, 0.6) is 0 Å². The number of rotatable bonds is 6. The molecule has 0 spiro atoms. The molecule has 1 aromatic heterocycles. The summed E-state index contributed by atoms with van der Waals surface area (Å²) < 4.78 is 0. The summed E-state index contributed by atoms with van der Waals surface area (Å²) in [6.45, 7) is 6.69. The number of nitrogens with one attached hydrogen (secondary N) is 2. The van der Waals surface area contributed by atoms with Gasteiger partial charge in [-0.05, 0) is 38.5 Å². The van der Waals surface area contributed by atoms with Crippen LogP contribution in [-0.4, -0.2) is 23.5 Å². The number of carbonyl (C=O) groups excluding carboxylic acids is 1. The molecule has 1 amide bonds. The average molecular weight is 235 g/mol. The van der Waals surface area contributed by atoms with E-state index in [0.29, 0.717) is 13.0 Å². The fraction of sp³-hybridized carbons (Fsp3) is 0.538. The molecule has 4 heteroatoms. The molecule has 0 aliphatic carbocycles. The number of aromatic nitrogens is 1. The predicted molar refractivity (Wildman–Crippen MR) is 68.6 cm³/mol. The Morgan fingerprint density at radius 2 is 1.94 bits per heavy atom. The third-order valence-corrected chi connectivity index (χ3v) is 2.46. The lowest BCUT2D eigenvalue weighted by Gasteiger charge is -2.14. The van der Waals surface area contributed by atoms with Crippen molar-refractivity contribution in [2.24, 2.45) is 0 Å². The van der Waals surface area contributed by atoms with Gasteiger partial charge >= 0.3 is 0 Å². The molecule has 0 saturated heterocycles. The number of hydrogen-bond acceptors (Lipinski definition) is 3. The third kappa shape index (κ3) is 5.45. The maximum Gasteiger partial charge on any atom is 0.221 e. The maximum atomic E-state index is 11.4. The van der Waals surface area contributed by atoms with Crippen LogP contribution in [0.1, 0.15) is 38.8 Å². The van der Waals surface area contributed by atoms with E-state index < -0.39 is 0 Å². The standard InChI is InChI=1S/C13H21N3O/c1-10(2)16-13(17)6-9-15-11(3)12-4-7-14-8-5-12/h4-5,7-8,10-11,15H,6,9H2,1-3H3,(H,16,17). The Kier molecular flexibility index (Phi) is 5.63. The van der Waals surface area contributed by atoms with Crippen molar-refractivity contribution in [2.75, 3.05) is 6.54 Å². The molecule has 0 radical (unpaired) electrons. The first kappa shape index (κ1) is 13.6. The monoisotopic (exact) mass is 235 g/mol. The highest BCUT2D eigenvalue weighted by Gasteiger charge is 2.06. The molecule has 17 heavy (non-hydrogen) atoms. The number of amides is 1. The van der Waals surface area contributed by atoms with E-state index in [1.807, 2.05) is 26.0 Å². The number of hydrogen-bond donors (Lipinski definition) is 2. The smallest absolute Gasteiger partial charge is 0.221 e. The highest BCUT2D eigenvalue weighted by molar-refractivity contribution is 5.76. The first-order valence-electron chi connectivity index (χ1n) is 6.02. The minimum absolute atomic E-state index is 0.0921. The van der Waals surface area contributed by atoms with Crippen molar-refractivity contribution in [3.63, 3.8) is 0 Å². The summed E-state index contributed by atoms with van der Waals surface area (Å²) >= 11 is 0. The Morgan fingerprint density at radius 1 is 1.29 bits per heavy atom. The molecule has 2 N–H and O–H groups in total. The summed E-state index contributed by atoms with van der Waals surface area (Å²) in [5.41, 5.74) is 1.18. The van der Waals surface area contributed by atoms with Crippen LogP contribution in [0.2, 0.25) is 0 Å². The molecule has 1 atom stereocenters. The fourth-order valence-corrected chi connectivity index (χ4v) is 1.57. The lowest BCUT2D eigenvalue weighted by atomic mass is 10.1. The van der Waals surface area contributed by atoms with Gasteiger partial charge in [-0.2, -0.15) is 0 Å². The quantitative estimate of drug-likeness (QED) is 0.788. The second-order valence-corrected chi connectivity index (χ2v) is 4.43. The van der Waals surface area contributed by atoms with E-state index in [1.165, 1.54) is 5.56 Å². The lowest BCUT2D eigenvalue weighted by molar-refractivity contribution is -0.121. The number of nitrogens with zero attached hydrogens (tertiary/aromatic N) is 1. The van der Waals surface area contributed by atoms with Gasteiger partial charge in [0.05, 0.1) is 0 Å². The van der Waals surface area contributed by atoms with Gasteiger partial charge in [0.25, 0.3) is 0 Å². The Morgan fingerprint density at radius 3 is 2.53 bits per heavy atom. The zero-order chi connectivity index (χ0) is 12.7. The molecule has 0 aliphatic heterocycles. The molecule has 0 fully saturated rings. The summed E-state index contributed by atoms with van der Waals surface area (Å²) in [6.07, 6.45) is 4.06. The Balaban J connectivity index is 2.25. The van der Waals surface area contributed by atoms with Gasteiger partial charge in [0.1, 0.15) is 0 Å². The van der Waals surface area contributed by atoms with E-state index in [0.717, 1.165) is 0 Å². The zero-order valence-electron chi connectivity index (χ0n) is 10.7. The predicted octanol–water partition coefficient (Wildman–Crippen LogP) is 1.65. The normalized spacial score (nSPS) is 12.5. The highest BCUT2D eigenvalue weighted by atomic mass is 16.1. The van der Waals surface area contributed by atoms with E-state index in [4.69, 9.17) is 0 Å². The minimum atomic E-state index is 0.0921. The lowest BCUT2D eigenvalue weighted by Crippen LogP contribution is -2.33. The molecular weight excluding hydrogens is 214 g/mol. The molecule has 1 unspecified atom stereocenters. The Hall–Kier alpha value is -1.42. The average Bonchev–Trinajstić information content (AvgIpc) is 2.29. The van der Waals surface area contributed by atoms with Gasteiger partial charge in [-0.15, -0.1) is 0 Å². The molecule has 94 valence electrons. The fourth-order valence-electron chi connectivity index (χ4n) is 1.57. The molecule has 0 bridgehead atoms. The Labute approximate surface area is 103 Å². The minimum Gasteiger partial charge on any atom is -0.354 e. The van der Waals surface area contributed by atoms with E-state index in [2.05, 4.69) is 22.5 Å². The summed E-state index contributed by atoms with van der Waals surface area (Å²) in [4.78, 5) is 15.4. The molecular formula is C13H21N3O. The molecule has 1 aromatic rings. The molecule has 0 aromatic carbocycles. The first-order chi connectivity index (χ1) is 8.09. The van der Waals surface area contributed by atoms with E-state index in [1.54, 1.807) is 12.4 Å². The van der Waals surface area contributed by atoms with Crippen LogP contribution >= 0.6 is 0 Å². The van der Waals surface area contributed by atoms with Crippen LogP contribution in [0.15, 0.2) is 24.5 Å². The van der Waals surface area contributed by atoms with Crippen molar-refractivity contribution in [1.82, 2.24) is 15.6 Å². The van der Waals surface area contributed by atoms with E-state index in [-0.39, 0.29) is 18.0 Å². The van der Waals surface area contributed by atoms with E-state index in [9.17, 15) is 4.79 Å². The van der Waals surface area contributed by atoms with Crippen molar-refractivity contribution >= 4 is 5.91 Å². The van der Waals surface area contributed by atoms with Gasteiger partial charge in [-0.3, -0.25) is 9.78 Å². The number of carbonyl (C=O) groups is 1. The van der Waals surface area contributed by atoms with Crippen LogP contribution in [0.25, 0.3) is 0 Å². The molecule has 0 saturated carbocycles. The zero-order valence-corrected chi connectivity index (χ0v) is 10.7. The largest absolute Gasteiger partial charge is 0.354 e. The summed E-state index contributed by atoms with van der Waals surface area (Å²) in [6, 6.07) is 4.41. The van der Waals surface area contributed by atoms with Crippen molar-refractivity contribution in [3.8, 4) is 0 Å². The van der Waals surface area contributed by atoms with Gasteiger partial charge in [0.15, 0.2) is 0 Å². The van der Waals surface area contributed by atoms with Crippen molar-refractivity contribution in [1.29, 1.82) is 0 Å². The van der Waals surface area contributed by atoms with Gasteiger partial charge in [0.2, 0.25) is 5.91 Å². The second kappa shape index (κ2) is 7.01. The van der Waals surface area contributed by atoms with Crippen molar-refractivity contribution in [2.45, 2.75) is 39.3 Å². The molecule has 0 aliphatic rings. The third-order valence-electron chi connectivity index (χ3n) is 2.46. The Bertz CT molecular complexity index is 338. The van der Waals surface area contributed by atoms with Gasteiger partial charge in [0, 0.05) is 37.4 Å². The van der Waals surface area contributed by atoms with Gasteiger partial charge in [-0.1, -0.05) is 0 Å². The van der Waals surface area contributed by atoms with E-state index >= 15 is 0 Å². The molecule has 1 heterocycles. The topological polar surface area (TPSA) is 54.0 Å². The molecule has 1 rings (SSSR count). The number of pyridine rings is 1. The highest BCUT2D eigenvalue weighted by Crippen LogP contribution is 2.09. The van der Waals surface area contributed by atoms with Gasteiger partial charge < -0.3 is 10.6 Å².